The lowest BCUT2D eigenvalue weighted by molar-refractivity contribution is 0.322. The minimum Gasteiger partial charge on any atom is -0.411 e. The van der Waals surface area contributed by atoms with Crippen molar-refractivity contribution in [3.05, 3.63) is 40.5 Å². The molecular formula is C12H11ClN2O. The zero-order valence-corrected chi connectivity index (χ0v) is 9.53. The Bertz CT molecular complexity index is 572. The van der Waals surface area contributed by atoms with E-state index in [4.69, 9.17) is 13.0 Å². The number of oxime groups is 1. The monoisotopic (exact) mass is 235 g/mol. The molecule has 0 bridgehead atoms. The molecule has 0 aliphatic rings. The Morgan fingerprint density at radius 3 is 3.19 bits per heavy atom. The Hall–Kier alpha value is -1.61. The maximum absolute atomic E-state index is 6.49. The van der Waals surface area contributed by atoms with Gasteiger partial charge in [0.1, 0.15) is 5.15 Å². The number of rotatable bonds is 3. The average molecular weight is 236 g/mol. The van der Waals surface area contributed by atoms with Gasteiger partial charge in [-0.15, -0.1) is 0 Å². The lowest BCUT2D eigenvalue weighted by Crippen LogP contribution is -1.90. The van der Waals surface area contributed by atoms with Gasteiger partial charge in [0.2, 0.25) is 0 Å². The second-order valence-electron chi connectivity index (χ2n) is 3.48. The van der Waals surface area contributed by atoms with Crippen LogP contribution >= 0.6 is 11.6 Å². The van der Waals surface area contributed by atoms with Gasteiger partial charge in [0.25, 0.3) is 0 Å². The second-order valence-corrected chi connectivity index (χ2v) is 3.84. The molecule has 0 radical (unpaired) electrons. The third-order valence-electron chi connectivity index (χ3n) is 2.46. The van der Waals surface area contributed by atoms with Crippen LogP contribution in [0.5, 0.6) is 0 Å². The standard InChI is InChI=1S/C12H11ClN2O/c1-2-8-3-4-11-9(5-8)6-10(7-14-16)12(13)15-11/h3-7,16H,2H2,1H3/i/hD. The van der Waals surface area contributed by atoms with Crippen LogP contribution in [-0.4, -0.2) is 16.4 Å². The summed E-state index contributed by atoms with van der Waals surface area (Å²) in [6, 6.07) is 7.93. The average Bonchev–Trinajstić information content (AvgIpc) is 2.35. The minimum atomic E-state index is 0.350. The van der Waals surface area contributed by atoms with Crippen LogP contribution in [0.25, 0.3) is 10.9 Å². The molecule has 1 N–H and O–H groups in total. The van der Waals surface area contributed by atoms with Crippen molar-refractivity contribution >= 4 is 28.7 Å². The first kappa shape index (κ1) is 9.60. The van der Waals surface area contributed by atoms with Crippen molar-refractivity contribution in [2.24, 2.45) is 5.16 Å². The highest BCUT2D eigenvalue weighted by molar-refractivity contribution is 6.32. The van der Waals surface area contributed by atoms with Gasteiger partial charge in [0, 0.05) is 10.9 Å². The smallest absolute Gasteiger partial charge is 0.330 e. The van der Waals surface area contributed by atoms with E-state index in [1.807, 2.05) is 18.2 Å². The molecule has 0 aliphatic heterocycles. The summed E-state index contributed by atoms with van der Waals surface area (Å²) in [4.78, 5) is 4.26. The molecule has 1 aromatic carbocycles. The van der Waals surface area contributed by atoms with E-state index in [-0.39, 0.29) is 0 Å². The molecule has 0 aliphatic carbocycles. The van der Waals surface area contributed by atoms with Crippen LogP contribution in [0.4, 0.5) is 0 Å². The van der Waals surface area contributed by atoms with Gasteiger partial charge < -0.3 is 5.21 Å². The van der Waals surface area contributed by atoms with Gasteiger partial charge in [-0.1, -0.05) is 29.7 Å². The van der Waals surface area contributed by atoms with Crippen LogP contribution < -0.4 is 0 Å². The molecule has 2 aromatic rings. The third-order valence-corrected chi connectivity index (χ3v) is 2.76. The first-order valence-corrected chi connectivity index (χ1v) is 5.37. The number of aryl methyl sites for hydroxylation is 1. The van der Waals surface area contributed by atoms with Crippen molar-refractivity contribution in [3.63, 3.8) is 0 Å². The van der Waals surface area contributed by atoms with Crippen molar-refractivity contribution in [3.8, 4) is 0 Å². The van der Waals surface area contributed by atoms with E-state index in [0.29, 0.717) is 10.7 Å². The van der Waals surface area contributed by atoms with Crippen LogP contribution in [0.3, 0.4) is 0 Å². The maximum atomic E-state index is 6.49. The molecule has 4 heteroatoms. The maximum Gasteiger partial charge on any atom is 0.330 e. The molecule has 0 atom stereocenters. The van der Waals surface area contributed by atoms with Gasteiger partial charge in [0.15, 0.2) is 0 Å². The molecule has 1 heterocycles. The number of nitrogens with zero attached hydrogens (tertiary/aromatic N) is 2. The van der Waals surface area contributed by atoms with Crippen molar-refractivity contribution in [2.75, 3.05) is 0 Å². The van der Waals surface area contributed by atoms with Crippen LogP contribution in [0, 0.1) is 0 Å². The van der Waals surface area contributed by atoms with E-state index in [0.717, 1.165) is 17.3 Å². The van der Waals surface area contributed by atoms with Gasteiger partial charge in [-0.25, -0.2) is 4.98 Å². The number of benzene rings is 1. The Morgan fingerprint density at radius 2 is 2.44 bits per heavy atom. The summed E-state index contributed by atoms with van der Waals surface area (Å²) in [7, 11) is 0. The van der Waals surface area contributed by atoms with Crippen molar-refractivity contribution < 1.29 is 6.64 Å². The fourth-order valence-electron chi connectivity index (χ4n) is 1.59. The molecule has 82 valence electrons. The van der Waals surface area contributed by atoms with Crippen LogP contribution in [0.2, 0.25) is 6.58 Å². The van der Waals surface area contributed by atoms with E-state index >= 15 is 0 Å². The summed E-state index contributed by atoms with van der Waals surface area (Å²) < 4.78 is 6.49. The molecule has 1 aromatic heterocycles. The minimum absolute atomic E-state index is 0.350. The summed E-state index contributed by atoms with van der Waals surface area (Å²) in [5, 5.41) is 8.61. The van der Waals surface area contributed by atoms with Crippen LogP contribution in [-0.2, 0) is 6.42 Å². The number of hydrogen-bond acceptors (Lipinski definition) is 3. The van der Waals surface area contributed by atoms with Gasteiger partial charge in [0.05, 0.1) is 11.7 Å². The predicted octanol–water partition coefficient (Wildman–Crippen LogP) is 3.26. The van der Waals surface area contributed by atoms with E-state index < -0.39 is 0 Å². The van der Waals surface area contributed by atoms with Gasteiger partial charge in [-0.3, -0.25) is 0 Å². The number of pyridine rings is 1. The first-order valence-electron chi connectivity index (χ1n) is 5.40. The predicted molar refractivity (Wildman–Crippen MR) is 65.5 cm³/mol. The number of aromatic nitrogens is 1. The third kappa shape index (κ3) is 1.99. The van der Waals surface area contributed by atoms with Crippen molar-refractivity contribution in [1.82, 2.24) is 4.98 Å². The normalized spacial score (nSPS) is 12.0. The number of hydrogen-bond donors (Lipinski definition) is 1. The Labute approximate surface area is 99.9 Å². The number of halogens is 1. The highest BCUT2D eigenvalue weighted by Crippen LogP contribution is 2.20. The largest absolute Gasteiger partial charge is 0.411 e. The van der Waals surface area contributed by atoms with E-state index in [9.17, 15) is 0 Å². The lowest BCUT2D eigenvalue weighted by Gasteiger charge is -2.03. The van der Waals surface area contributed by atoms with Crippen LogP contribution in [0.1, 0.15) is 18.1 Å². The van der Waals surface area contributed by atoms with Gasteiger partial charge in [-0.2, -0.15) is 0 Å². The molecule has 0 saturated heterocycles. The van der Waals surface area contributed by atoms with E-state index in [1.165, 1.54) is 11.8 Å². The first-order chi connectivity index (χ1) is 8.24. The van der Waals surface area contributed by atoms with Gasteiger partial charge in [-0.05, 0) is 30.2 Å². The van der Waals surface area contributed by atoms with Crippen LogP contribution in [0.15, 0.2) is 29.4 Å². The summed E-state index contributed by atoms with van der Waals surface area (Å²) in [5.41, 5.74) is 2.72. The molecule has 0 saturated carbocycles. The highest BCUT2D eigenvalue weighted by Gasteiger charge is 2.03. The summed E-state index contributed by atoms with van der Waals surface area (Å²) >= 11 is 5.99. The lowest BCUT2D eigenvalue weighted by atomic mass is 10.1. The highest BCUT2D eigenvalue weighted by atomic mass is 35.5. The fraction of sp³-hybridized carbons (Fsp3) is 0.167. The molecule has 0 amide bonds. The van der Waals surface area contributed by atoms with Crippen molar-refractivity contribution in [1.29, 1.82) is 0 Å². The number of fused-ring (bicyclic) bond motifs is 1. The Kier molecular flexibility index (Phi) is 2.70. The molecule has 0 spiro atoms. The van der Waals surface area contributed by atoms with Gasteiger partial charge >= 0.3 is 1.43 Å². The second kappa shape index (κ2) is 4.49. The Balaban J connectivity index is 2.56. The SMILES string of the molecule is [2H]ON=Cc1cc2cc(CC)ccc2nc1Cl. The molecule has 16 heavy (non-hydrogen) atoms. The van der Waals surface area contributed by atoms with Crippen molar-refractivity contribution in [2.45, 2.75) is 13.3 Å². The van der Waals surface area contributed by atoms with E-state index in [1.54, 1.807) is 0 Å². The molecular weight excluding hydrogens is 224 g/mol. The Morgan fingerprint density at radius 1 is 1.56 bits per heavy atom. The summed E-state index contributed by atoms with van der Waals surface area (Å²) in [6.07, 6.45) is 2.35. The molecule has 2 rings (SSSR count). The summed E-state index contributed by atoms with van der Waals surface area (Å²) in [6.45, 7) is 2.10. The zero-order chi connectivity index (χ0) is 12.3. The van der Waals surface area contributed by atoms with E-state index in [2.05, 4.69) is 28.3 Å². The topological polar surface area (TPSA) is 45.5 Å². The molecule has 0 unspecified atom stereocenters. The summed E-state index contributed by atoms with van der Waals surface area (Å²) in [5.74, 6) is 0. The molecule has 0 fully saturated rings. The quantitative estimate of drug-likeness (QED) is 0.384. The molecule has 3 nitrogen and oxygen atoms in total. The zero-order valence-electron chi connectivity index (χ0n) is 9.77. The fourth-order valence-corrected chi connectivity index (χ4v) is 1.78.